The van der Waals surface area contributed by atoms with E-state index >= 15 is 0 Å². The van der Waals surface area contributed by atoms with Gasteiger partial charge in [-0.05, 0) is 30.9 Å². The molecular weight excluding hydrogens is 278 g/mol. The predicted octanol–water partition coefficient (Wildman–Crippen LogP) is 3.25. The fraction of sp³-hybridized carbons (Fsp3) is 0.500. The first-order valence-corrected chi connectivity index (χ1v) is 7.38. The van der Waals surface area contributed by atoms with Crippen molar-refractivity contribution in [2.75, 3.05) is 18.4 Å². The Morgan fingerprint density at radius 3 is 2.82 bits per heavy atom. The summed E-state index contributed by atoms with van der Waals surface area (Å²) >= 11 is 3.43. The molecule has 0 fully saturated rings. The zero-order chi connectivity index (χ0) is 12.1. The normalized spacial score (nSPS) is 14.9. The van der Waals surface area contributed by atoms with E-state index in [2.05, 4.69) is 22.0 Å². The lowest BCUT2D eigenvalue weighted by Crippen LogP contribution is -2.38. The molecule has 1 aromatic rings. The minimum atomic E-state index is 0.214. The molecule has 1 amide bonds. The molecule has 2 nitrogen and oxygen atoms in total. The number of fused-ring (bicyclic) bond motifs is 1. The molecule has 3 heteroatoms. The van der Waals surface area contributed by atoms with Crippen LogP contribution in [0.15, 0.2) is 24.3 Å². The summed E-state index contributed by atoms with van der Waals surface area (Å²) < 4.78 is 0. The number of carbonyl (C=O) groups excluding carboxylic acids is 1. The third-order valence-corrected chi connectivity index (χ3v) is 3.81. The molecule has 0 unspecified atom stereocenters. The predicted molar refractivity (Wildman–Crippen MR) is 73.7 cm³/mol. The van der Waals surface area contributed by atoms with Gasteiger partial charge in [0.05, 0.1) is 0 Å². The second-order valence-corrected chi connectivity index (χ2v) is 5.24. The van der Waals surface area contributed by atoms with E-state index in [-0.39, 0.29) is 5.91 Å². The lowest BCUT2D eigenvalue weighted by molar-refractivity contribution is 0.0737. The largest absolute Gasteiger partial charge is 0.338 e. The Bertz CT molecular complexity index is 392. The molecule has 0 radical (unpaired) electrons. The van der Waals surface area contributed by atoms with Crippen molar-refractivity contribution in [3.05, 3.63) is 35.4 Å². The number of carbonyl (C=O) groups is 1. The van der Waals surface area contributed by atoms with Gasteiger partial charge in [0.15, 0.2) is 0 Å². The van der Waals surface area contributed by atoms with E-state index in [1.54, 1.807) is 0 Å². The minimum Gasteiger partial charge on any atom is -0.338 e. The summed E-state index contributed by atoms with van der Waals surface area (Å²) in [5.74, 6) is 0.214. The third-order valence-electron chi connectivity index (χ3n) is 3.25. The van der Waals surface area contributed by atoms with Crippen molar-refractivity contribution in [2.45, 2.75) is 25.7 Å². The van der Waals surface area contributed by atoms with Crippen LogP contribution in [0, 0.1) is 0 Å². The summed E-state index contributed by atoms with van der Waals surface area (Å²) in [6.45, 7) is 1.78. The third kappa shape index (κ3) is 3.09. The Morgan fingerprint density at radius 2 is 2.00 bits per heavy atom. The number of unbranched alkanes of at least 4 members (excludes halogenated alkanes) is 2. The van der Waals surface area contributed by atoms with E-state index in [0.717, 1.165) is 36.8 Å². The van der Waals surface area contributed by atoms with Gasteiger partial charge in [0.1, 0.15) is 0 Å². The van der Waals surface area contributed by atoms with Crippen LogP contribution in [0.2, 0.25) is 0 Å². The van der Waals surface area contributed by atoms with Gasteiger partial charge in [-0.1, -0.05) is 40.5 Å². The van der Waals surface area contributed by atoms with Crippen molar-refractivity contribution in [1.82, 2.24) is 4.90 Å². The highest BCUT2D eigenvalue weighted by Crippen LogP contribution is 2.18. The number of rotatable bonds is 5. The second kappa shape index (κ2) is 6.20. The first kappa shape index (κ1) is 12.6. The molecule has 0 saturated heterocycles. The van der Waals surface area contributed by atoms with Crippen molar-refractivity contribution in [2.24, 2.45) is 0 Å². The van der Waals surface area contributed by atoms with Gasteiger partial charge in [-0.25, -0.2) is 0 Å². The summed E-state index contributed by atoms with van der Waals surface area (Å²) in [5.41, 5.74) is 2.11. The van der Waals surface area contributed by atoms with Crippen LogP contribution in [0.25, 0.3) is 0 Å². The second-order valence-electron chi connectivity index (χ2n) is 4.45. The highest BCUT2D eigenvalue weighted by atomic mass is 79.9. The van der Waals surface area contributed by atoms with Crippen LogP contribution in [0.3, 0.4) is 0 Å². The Kier molecular flexibility index (Phi) is 4.60. The lowest BCUT2D eigenvalue weighted by Gasteiger charge is -2.28. The van der Waals surface area contributed by atoms with Gasteiger partial charge >= 0.3 is 0 Å². The summed E-state index contributed by atoms with van der Waals surface area (Å²) in [7, 11) is 0. The van der Waals surface area contributed by atoms with Crippen LogP contribution in [0.1, 0.15) is 35.2 Å². The highest BCUT2D eigenvalue weighted by Gasteiger charge is 2.22. The average molecular weight is 296 g/mol. The van der Waals surface area contributed by atoms with Gasteiger partial charge in [-0.15, -0.1) is 0 Å². The molecule has 0 N–H and O–H groups in total. The van der Waals surface area contributed by atoms with E-state index in [4.69, 9.17) is 0 Å². The van der Waals surface area contributed by atoms with Crippen LogP contribution in [-0.2, 0) is 6.42 Å². The Labute approximate surface area is 111 Å². The molecule has 0 aliphatic carbocycles. The maximum atomic E-state index is 12.2. The summed E-state index contributed by atoms with van der Waals surface area (Å²) in [4.78, 5) is 14.2. The SMILES string of the molecule is O=C1c2ccccc2CCN1CCCCCBr. The van der Waals surface area contributed by atoms with Gasteiger partial charge < -0.3 is 4.90 Å². The fourth-order valence-electron chi connectivity index (χ4n) is 2.26. The Balaban J connectivity index is 1.93. The summed E-state index contributed by atoms with van der Waals surface area (Å²) in [6.07, 6.45) is 4.50. The summed E-state index contributed by atoms with van der Waals surface area (Å²) in [5, 5.41) is 1.06. The van der Waals surface area contributed by atoms with Crippen LogP contribution in [0.4, 0.5) is 0 Å². The maximum absolute atomic E-state index is 12.2. The van der Waals surface area contributed by atoms with Crippen molar-refractivity contribution in [1.29, 1.82) is 0 Å². The molecule has 1 aromatic carbocycles. The van der Waals surface area contributed by atoms with Crippen LogP contribution in [0.5, 0.6) is 0 Å². The van der Waals surface area contributed by atoms with Crippen LogP contribution in [-0.4, -0.2) is 29.2 Å². The van der Waals surface area contributed by atoms with Gasteiger partial charge in [0.2, 0.25) is 0 Å². The van der Waals surface area contributed by atoms with E-state index in [1.165, 1.54) is 18.4 Å². The molecule has 1 heterocycles. The minimum absolute atomic E-state index is 0.214. The topological polar surface area (TPSA) is 20.3 Å². The van der Waals surface area contributed by atoms with Gasteiger partial charge in [0.25, 0.3) is 5.91 Å². The van der Waals surface area contributed by atoms with Crippen LogP contribution < -0.4 is 0 Å². The monoisotopic (exact) mass is 295 g/mol. The Morgan fingerprint density at radius 1 is 1.18 bits per heavy atom. The van der Waals surface area contributed by atoms with Gasteiger partial charge in [-0.3, -0.25) is 4.79 Å². The summed E-state index contributed by atoms with van der Waals surface area (Å²) in [6, 6.07) is 7.97. The van der Waals surface area contributed by atoms with E-state index in [9.17, 15) is 4.79 Å². The zero-order valence-corrected chi connectivity index (χ0v) is 11.6. The molecule has 0 bridgehead atoms. The number of halogens is 1. The van der Waals surface area contributed by atoms with Crippen molar-refractivity contribution in [3.8, 4) is 0 Å². The Hall–Kier alpha value is -0.830. The van der Waals surface area contributed by atoms with Crippen LogP contribution >= 0.6 is 15.9 Å². The number of hydrogen-bond donors (Lipinski definition) is 0. The van der Waals surface area contributed by atoms with Crippen molar-refractivity contribution < 1.29 is 4.79 Å². The molecule has 1 aliphatic heterocycles. The molecule has 0 spiro atoms. The lowest BCUT2D eigenvalue weighted by atomic mass is 9.99. The van der Waals surface area contributed by atoms with Crippen molar-refractivity contribution >= 4 is 21.8 Å². The van der Waals surface area contributed by atoms with Crippen molar-refractivity contribution in [3.63, 3.8) is 0 Å². The number of nitrogens with zero attached hydrogens (tertiary/aromatic N) is 1. The quantitative estimate of drug-likeness (QED) is 0.603. The molecule has 0 atom stereocenters. The number of hydrogen-bond acceptors (Lipinski definition) is 1. The fourth-order valence-corrected chi connectivity index (χ4v) is 2.66. The first-order valence-electron chi connectivity index (χ1n) is 6.26. The molecule has 17 heavy (non-hydrogen) atoms. The molecule has 0 aromatic heterocycles. The maximum Gasteiger partial charge on any atom is 0.254 e. The average Bonchev–Trinajstić information content (AvgIpc) is 2.37. The number of benzene rings is 1. The first-order chi connectivity index (χ1) is 8.33. The molecule has 1 aliphatic rings. The smallest absolute Gasteiger partial charge is 0.254 e. The molecule has 2 rings (SSSR count). The highest BCUT2D eigenvalue weighted by molar-refractivity contribution is 9.09. The zero-order valence-electron chi connectivity index (χ0n) is 9.99. The molecule has 0 saturated carbocycles. The van der Waals surface area contributed by atoms with Gasteiger partial charge in [-0.2, -0.15) is 0 Å². The molecular formula is C14H18BrNO. The number of alkyl halides is 1. The van der Waals surface area contributed by atoms with E-state index in [1.807, 2.05) is 23.1 Å². The standard InChI is InChI=1S/C14H18BrNO/c15-9-4-1-5-10-16-11-8-12-6-2-3-7-13(12)14(16)17/h2-3,6-7H,1,4-5,8-11H2. The molecule has 92 valence electrons. The van der Waals surface area contributed by atoms with E-state index in [0.29, 0.717) is 0 Å². The number of amides is 1. The van der Waals surface area contributed by atoms with Gasteiger partial charge in [0, 0.05) is 24.0 Å². The van der Waals surface area contributed by atoms with E-state index < -0.39 is 0 Å².